The Bertz CT molecular complexity index is 1100. The van der Waals surface area contributed by atoms with E-state index < -0.39 is 12.8 Å². The summed E-state index contributed by atoms with van der Waals surface area (Å²) in [6.07, 6.45) is 1.07. The average molecular weight is 474 g/mol. The Morgan fingerprint density at radius 2 is 2.00 bits per heavy atom. The molecule has 2 heterocycles. The molecule has 0 fully saturated rings. The van der Waals surface area contributed by atoms with E-state index in [1.165, 1.54) is 0 Å². The Morgan fingerprint density at radius 3 is 2.73 bits per heavy atom. The number of alkyl halides is 1. The Morgan fingerprint density at radius 1 is 1.21 bits per heavy atom. The quantitative estimate of drug-likeness (QED) is 0.456. The third-order valence-electron chi connectivity index (χ3n) is 5.84. The van der Waals surface area contributed by atoms with Crippen molar-refractivity contribution in [2.45, 2.75) is 18.9 Å². The van der Waals surface area contributed by atoms with Crippen LogP contribution < -0.4 is 4.74 Å². The first-order valence-electron chi connectivity index (χ1n) is 11.1. The molecule has 0 spiro atoms. The van der Waals surface area contributed by atoms with Crippen molar-refractivity contribution in [2.75, 3.05) is 47.1 Å². The van der Waals surface area contributed by atoms with Crippen molar-refractivity contribution in [2.24, 2.45) is 0 Å². The van der Waals surface area contributed by atoms with E-state index in [0.717, 1.165) is 46.4 Å². The van der Waals surface area contributed by atoms with E-state index in [1.54, 1.807) is 4.90 Å². The molecular weight excluding hydrogens is 445 g/mol. The van der Waals surface area contributed by atoms with Gasteiger partial charge in [0.2, 0.25) is 0 Å². The molecule has 1 aromatic heterocycles. The lowest BCUT2D eigenvalue weighted by Crippen LogP contribution is -2.41. The van der Waals surface area contributed by atoms with Gasteiger partial charge in [0.1, 0.15) is 25.1 Å². The van der Waals surface area contributed by atoms with Crippen molar-refractivity contribution in [1.82, 2.24) is 14.8 Å². The van der Waals surface area contributed by atoms with Crippen molar-refractivity contribution >= 4 is 28.6 Å². The van der Waals surface area contributed by atoms with Gasteiger partial charge in [-0.1, -0.05) is 23.7 Å². The summed E-state index contributed by atoms with van der Waals surface area (Å²) in [5, 5.41) is 1.72. The van der Waals surface area contributed by atoms with E-state index in [1.807, 2.05) is 56.6 Å². The molecule has 33 heavy (non-hydrogen) atoms. The van der Waals surface area contributed by atoms with E-state index in [4.69, 9.17) is 21.1 Å². The number of carbonyl (C=O) groups excluding carboxylic acids is 1. The topological polar surface area (TPSA) is 57.8 Å². The molecule has 0 aliphatic carbocycles. The molecule has 1 N–H and O–H groups in total. The predicted molar refractivity (Wildman–Crippen MR) is 128 cm³/mol. The van der Waals surface area contributed by atoms with Crippen LogP contribution in [0.1, 0.15) is 29.3 Å². The van der Waals surface area contributed by atoms with E-state index in [9.17, 15) is 9.18 Å². The van der Waals surface area contributed by atoms with Gasteiger partial charge in [0.15, 0.2) is 0 Å². The summed E-state index contributed by atoms with van der Waals surface area (Å²) in [7, 11) is 4.07. The first-order valence-corrected chi connectivity index (χ1v) is 11.5. The van der Waals surface area contributed by atoms with Gasteiger partial charge in [0, 0.05) is 34.7 Å². The van der Waals surface area contributed by atoms with Crippen molar-refractivity contribution < 1.29 is 18.7 Å². The lowest BCUT2D eigenvalue weighted by Gasteiger charge is -2.35. The molecule has 0 saturated carbocycles. The molecule has 6 nitrogen and oxygen atoms in total. The first-order chi connectivity index (χ1) is 16.0. The van der Waals surface area contributed by atoms with E-state index in [0.29, 0.717) is 24.6 Å². The molecule has 4 rings (SSSR count). The zero-order valence-electron chi connectivity index (χ0n) is 18.9. The Labute approximate surface area is 198 Å². The van der Waals surface area contributed by atoms with Crippen LogP contribution in [0.2, 0.25) is 5.02 Å². The first kappa shape index (κ1) is 23.4. The molecule has 2 aromatic carbocycles. The van der Waals surface area contributed by atoms with Crippen molar-refractivity contribution in [3.8, 4) is 5.75 Å². The second-order valence-corrected chi connectivity index (χ2v) is 8.87. The average Bonchev–Trinajstić information content (AvgIpc) is 3.18. The second-order valence-electron chi connectivity index (χ2n) is 8.43. The van der Waals surface area contributed by atoms with Crippen LogP contribution in [0.4, 0.5) is 9.18 Å². The highest BCUT2D eigenvalue weighted by molar-refractivity contribution is 6.31. The van der Waals surface area contributed by atoms with Gasteiger partial charge in [0.25, 0.3) is 0 Å². The molecule has 0 radical (unpaired) electrons. The minimum Gasteiger partial charge on any atom is -0.494 e. The summed E-state index contributed by atoms with van der Waals surface area (Å²) >= 11 is 6.24. The SMILES string of the molecule is CN(C)CCCOc1ccc(C2c3[nH]c4ccc(Cl)cc4c3CCN2C(=O)OCCF)cc1. The summed E-state index contributed by atoms with van der Waals surface area (Å²) in [6, 6.07) is 13.1. The van der Waals surface area contributed by atoms with Crippen LogP contribution in [0.25, 0.3) is 10.9 Å². The van der Waals surface area contributed by atoms with Crippen molar-refractivity contribution in [1.29, 1.82) is 0 Å². The van der Waals surface area contributed by atoms with Gasteiger partial charge in [-0.25, -0.2) is 9.18 Å². The predicted octanol–water partition coefficient (Wildman–Crippen LogP) is 5.21. The number of fused-ring (bicyclic) bond motifs is 3. The Kier molecular flexibility index (Phi) is 7.40. The third-order valence-corrected chi connectivity index (χ3v) is 6.08. The number of aromatic nitrogens is 1. The summed E-state index contributed by atoms with van der Waals surface area (Å²) in [5.41, 5.74) is 3.95. The highest BCUT2D eigenvalue weighted by Crippen LogP contribution is 2.39. The van der Waals surface area contributed by atoms with Gasteiger partial charge in [-0.05, 0) is 68.4 Å². The number of carbonyl (C=O) groups is 1. The monoisotopic (exact) mass is 473 g/mol. The maximum Gasteiger partial charge on any atom is 0.410 e. The highest BCUT2D eigenvalue weighted by Gasteiger charge is 2.35. The van der Waals surface area contributed by atoms with Gasteiger partial charge < -0.3 is 19.4 Å². The van der Waals surface area contributed by atoms with E-state index >= 15 is 0 Å². The minimum absolute atomic E-state index is 0.253. The Hall–Kier alpha value is -2.77. The third kappa shape index (κ3) is 5.25. The van der Waals surface area contributed by atoms with Crippen molar-refractivity contribution in [3.05, 3.63) is 64.3 Å². The van der Waals surface area contributed by atoms with Gasteiger partial charge in [-0.2, -0.15) is 0 Å². The van der Waals surface area contributed by atoms with Crippen LogP contribution in [0.15, 0.2) is 42.5 Å². The van der Waals surface area contributed by atoms with Crippen LogP contribution in [0, 0.1) is 0 Å². The van der Waals surface area contributed by atoms with Crippen LogP contribution in [0.5, 0.6) is 5.75 Å². The highest BCUT2D eigenvalue weighted by atomic mass is 35.5. The van der Waals surface area contributed by atoms with Crippen molar-refractivity contribution in [3.63, 3.8) is 0 Å². The number of halogens is 2. The number of hydrogen-bond donors (Lipinski definition) is 1. The number of nitrogens with zero attached hydrogens (tertiary/aromatic N) is 2. The number of hydrogen-bond acceptors (Lipinski definition) is 4. The maximum absolute atomic E-state index is 12.8. The zero-order valence-corrected chi connectivity index (χ0v) is 19.7. The number of rotatable bonds is 8. The molecule has 1 atom stereocenters. The van der Waals surface area contributed by atoms with Gasteiger partial charge >= 0.3 is 6.09 Å². The van der Waals surface area contributed by atoms with Crippen LogP contribution in [-0.2, 0) is 11.2 Å². The maximum atomic E-state index is 12.8. The van der Waals surface area contributed by atoms with Crippen LogP contribution >= 0.6 is 11.6 Å². The standard InChI is InChI=1S/C25H29ClFN3O3/c1-29(2)12-3-14-32-19-7-4-17(5-8-19)24-23-20(10-13-30(24)25(31)33-15-11-27)21-16-18(26)6-9-22(21)28-23/h4-9,16,24,28H,3,10-15H2,1-2H3. The number of amides is 1. The lowest BCUT2D eigenvalue weighted by atomic mass is 9.92. The summed E-state index contributed by atoms with van der Waals surface area (Å²) in [5.74, 6) is 0.781. The largest absolute Gasteiger partial charge is 0.494 e. The van der Waals surface area contributed by atoms with Crippen LogP contribution in [0.3, 0.4) is 0 Å². The van der Waals surface area contributed by atoms with Crippen LogP contribution in [-0.4, -0.2) is 68.0 Å². The number of H-pyrrole nitrogens is 1. The molecule has 3 aromatic rings. The van der Waals surface area contributed by atoms with E-state index in [2.05, 4.69) is 9.88 Å². The molecule has 0 bridgehead atoms. The molecular formula is C25H29ClFN3O3. The van der Waals surface area contributed by atoms with E-state index in [-0.39, 0.29) is 12.6 Å². The molecule has 1 amide bonds. The molecule has 8 heteroatoms. The smallest absolute Gasteiger partial charge is 0.410 e. The fraction of sp³-hybridized carbons (Fsp3) is 0.400. The summed E-state index contributed by atoms with van der Waals surface area (Å²) in [4.78, 5) is 20.0. The minimum atomic E-state index is -0.708. The molecule has 1 aliphatic rings. The fourth-order valence-corrected chi connectivity index (χ4v) is 4.50. The van der Waals surface area contributed by atoms with Gasteiger partial charge in [0.05, 0.1) is 6.61 Å². The normalized spacial score (nSPS) is 15.7. The lowest BCUT2D eigenvalue weighted by molar-refractivity contribution is 0.0837. The number of ether oxygens (including phenoxy) is 2. The molecule has 176 valence electrons. The fourth-order valence-electron chi connectivity index (χ4n) is 4.33. The second kappa shape index (κ2) is 10.4. The molecule has 0 saturated heterocycles. The van der Waals surface area contributed by atoms with Gasteiger partial charge in [-0.3, -0.25) is 4.90 Å². The molecule has 1 aliphatic heterocycles. The Balaban J connectivity index is 1.63. The summed E-state index contributed by atoms with van der Waals surface area (Å²) in [6.45, 7) is 1.10. The molecule has 1 unspecified atom stereocenters. The van der Waals surface area contributed by atoms with Gasteiger partial charge in [-0.15, -0.1) is 0 Å². The number of benzene rings is 2. The number of aromatic amines is 1. The zero-order chi connectivity index (χ0) is 23.4. The summed E-state index contributed by atoms with van der Waals surface area (Å²) < 4.78 is 23.7. The number of nitrogens with one attached hydrogen (secondary N) is 1.